The largest absolute Gasteiger partial charge is 0.472 e. The van der Waals surface area contributed by atoms with Crippen molar-refractivity contribution < 1.29 is 60.8 Å². The summed E-state index contributed by atoms with van der Waals surface area (Å²) in [7, 11) is -9.90. The molecule has 0 aromatic carbocycles. The molecular formula is C54H92N8O16P2. The van der Waals surface area contributed by atoms with E-state index in [0.29, 0.717) is 25.7 Å². The normalized spacial score (nSPS) is 20.0. The summed E-state index contributed by atoms with van der Waals surface area (Å²) < 4.78 is 66.8. The first-order chi connectivity index (χ1) is 38.5. The van der Waals surface area contributed by atoms with Gasteiger partial charge in [0.15, 0.2) is 0 Å². The van der Waals surface area contributed by atoms with Gasteiger partial charge in [0, 0.05) is 42.1 Å². The molecule has 2 aliphatic rings. The Kier molecular flexibility index (Phi) is 33.1. The SMILES string of the molecule is CCCCCCCCCCCCCCCC(=O)Nc1ccn(C2CCC(COP(=O)(O)OCC(COP(=O)(O)OCC3OC(n4cc(C)c(=O)[nH]c4=O)CC3N=[N+]=[N-])OC(=O)CCCCCCCCCCCCCCC)O2)c(=O)n1. The Labute approximate surface area is 471 Å². The first-order valence-electron chi connectivity index (χ1n) is 29.5. The van der Waals surface area contributed by atoms with Crippen molar-refractivity contribution in [3.63, 3.8) is 0 Å². The number of carbonyl (C=O) groups excluding carboxylic acids is 2. The molecule has 8 unspecified atom stereocenters. The number of hydrogen-bond acceptors (Lipinski definition) is 16. The lowest BCUT2D eigenvalue weighted by atomic mass is 10.0. The molecule has 4 N–H and O–H groups in total. The number of phosphoric acid groups is 2. The minimum atomic E-state index is -5.01. The van der Waals surface area contributed by atoms with Gasteiger partial charge < -0.3 is 29.3 Å². The minimum absolute atomic E-state index is 0.0105. The second-order valence-electron chi connectivity index (χ2n) is 21.2. The highest BCUT2D eigenvalue weighted by atomic mass is 31.2. The second kappa shape index (κ2) is 38.7. The molecule has 26 heteroatoms. The van der Waals surface area contributed by atoms with Crippen molar-refractivity contribution in [2.75, 3.05) is 31.7 Å². The predicted molar refractivity (Wildman–Crippen MR) is 302 cm³/mol. The Morgan fingerprint density at radius 1 is 0.738 bits per heavy atom. The van der Waals surface area contributed by atoms with Crippen molar-refractivity contribution in [3.8, 4) is 0 Å². The molecular weight excluding hydrogens is 1080 g/mol. The number of nitrogens with one attached hydrogen (secondary N) is 2. The minimum Gasteiger partial charge on any atom is -0.457 e. The maximum Gasteiger partial charge on any atom is 0.472 e. The van der Waals surface area contributed by atoms with Crippen LogP contribution in [0.2, 0.25) is 0 Å². The molecule has 80 heavy (non-hydrogen) atoms. The van der Waals surface area contributed by atoms with Crippen LogP contribution in [0.1, 0.15) is 231 Å². The van der Waals surface area contributed by atoms with Gasteiger partial charge >= 0.3 is 33.0 Å². The van der Waals surface area contributed by atoms with Crippen LogP contribution < -0.4 is 22.3 Å². The molecule has 2 aromatic rings. The summed E-state index contributed by atoms with van der Waals surface area (Å²) in [4.78, 5) is 93.4. The number of azide groups is 1. The van der Waals surface area contributed by atoms with E-state index < -0.39 is 102 Å². The molecule has 24 nitrogen and oxygen atoms in total. The van der Waals surface area contributed by atoms with E-state index in [1.165, 1.54) is 139 Å². The van der Waals surface area contributed by atoms with Gasteiger partial charge in [-0.1, -0.05) is 173 Å². The molecule has 2 aromatic heterocycles. The van der Waals surface area contributed by atoms with Crippen molar-refractivity contribution in [2.45, 2.75) is 257 Å². The van der Waals surface area contributed by atoms with Gasteiger partial charge in [-0.2, -0.15) is 4.98 Å². The predicted octanol–water partition coefficient (Wildman–Crippen LogP) is 11.8. The number of anilines is 1. The van der Waals surface area contributed by atoms with Gasteiger partial charge in [0.1, 0.15) is 24.4 Å². The van der Waals surface area contributed by atoms with Crippen LogP contribution in [-0.2, 0) is 51.0 Å². The quantitative estimate of drug-likeness (QED) is 0.0120. The Morgan fingerprint density at radius 2 is 1.25 bits per heavy atom. The molecule has 1 amide bonds. The molecule has 2 saturated heterocycles. The Bertz CT molecular complexity index is 2450. The zero-order valence-corrected chi connectivity index (χ0v) is 49.4. The standard InChI is InChI=1S/C54H92N8O16P2/c1-4-6-8-10-12-14-16-18-20-22-24-26-28-30-48(63)56-47-34-35-61(53(66)57-47)49-33-32-43(76-49)38-72-79(68,69)73-39-44(77-51(64)31-29-27-25-23-21-19-17-15-13-11-9-7-5-2)40-74-80(70,71)75-41-46-45(59-60-55)36-50(78-46)62-37-42(3)52(65)58-54(62)67/h34-35,37,43-46,49-50H,4-33,36,38-41H2,1-3H3,(H,68,69)(H,70,71)(H,58,65,67)(H,56,57,63,66). The van der Waals surface area contributed by atoms with Crippen molar-refractivity contribution in [2.24, 2.45) is 5.11 Å². The molecule has 454 valence electrons. The lowest BCUT2D eigenvalue weighted by molar-refractivity contribution is -0.153. The monoisotopic (exact) mass is 1170 g/mol. The highest BCUT2D eigenvalue weighted by molar-refractivity contribution is 7.47. The van der Waals surface area contributed by atoms with Gasteiger partial charge in [-0.15, -0.1) is 0 Å². The summed E-state index contributed by atoms with van der Waals surface area (Å²) in [5.74, 6) is -0.812. The Morgan fingerprint density at radius 3 is 1.77 bits per heavy atom. The molecule has 4 heterocycles. The van der Waals surface area contributed by atoms with Crippen LogP contribution in [0.3, 0.4) is 0 Å². The molecule has 0 spiro atoms. The summed E-state index contributed by atoms with van der Waals surface area (Å²) in [6.45, 7) is 3.17. The van der Waals surface area contributed by atoms with Crippen LogP contribution in [0.15, 0.2) is 38.0 Å². The molecule has 2 fully saturated rings. The molecule has 8 atom stereocenters. The van der Waals surface area contributed by atoms with E-state index in [1.807, 2.05) is 0 Å². The lowest BCUT2D eigenvalue weighted by Gasteiger charge is -2.22. The second-order valence-corrected chi connectivity index (χ2v) is 24.1. The Hall–Kier alpha value is -4.05. The van der Waals surface area contributed by atoms with Crippen molar-refractivity contribution in [1.82, 2.24) is 19.1 Å². The molecule has 0 saturated carbocycles. The van der Waals surface area contributed by atoms with Gasteiger partial charge in [0.05, 0.1) is 44.7 Å². The number of nitrogens with zero attached hydrogens (tertiary/aromatic N) is 6. The number of H-pyrrole nitrogens is 1. The third-order valence-electron chi connectivity index (χ3n) is 14.3. The third kappa shape index (κ3) is 27.8. The van der Waals surface area contributed by atoms with E-state index in [4.69, 9.17) is 37.8 Å². The number of hydrogen-bond donors (Lipinski definition) is 4. The molecule has 4 rings (SSSR count). The van der Waals surface area contributed by atoms with E-state index in [9.17, 15) is 42.9 Å². The summed E-state index contributed by atoms with van der Waals surface area (Å²) in [5.41, 5.74) is 7.34. The van der Waals surface area contributed by atoms with E-state index in [0.717, 1.165) is 55.9 Å². The fraction of sp³-hybridized carbons (Fsp3) is 0.815. The van der Waals surface area contributed by atoms with Crippen LogP contribution in [0.4, 0.5) is 5.82 Å². The number of amides is 1. The lowest BCUT2D eigenvalue weighted by Crippen LogP contribution is -2.33. The highest BCUT2D eigenvalue weighted by Gasteiger charge is 2.39. The zero-order chi connectivity index (χ0) is 58.0. The Balaban J connectivity index is 1.22. The molecule has 0 bridgehead atoms. The molecule has 0 aliphatic carbocycles. The van der Waals surface area contributed by atoms with E-state index >= 15 is 0 Å². The number of aromatic nitrogens is 4. The average Bonchev–Trinajstić information content (AvgIpc) is 4.07. The first-order valence-corrected chi connectivity index (χ1v) is 32.5. The topological polar surface area (TPSA) is 324 Å². The van der Waals surface area contributed by atoms with Crippen molar-refractivity contribution in [3.05, 3.63) is 65.8 Å². The van der Waals surface area contributed by atoms with Crippen molar-refractivity contribution in [1.29, 1.82) is 0 Å². The zero-order valence-electron chi connectivity index (χ0n) is 47.6. The van der Waals surface area contributed by atoms with Crippen LogP contribution in [-0.4, -0.2) is 91.5 Å². The molecule has 0 radical (unpaired) electrons. The summed E-state index contributed by atoms with van der Waals surface area (Å²) >= 11 is 0. The fourth-order valence-electron chi connectivity index (χ4n) is 9.67. The fourth-order valence-corrected chi connectivity index (χ4v) is 11.2. The maximum absolute atomic E-state index is 13.2. The maximum atomic E-state index is 13.2. The van der Waals surface area contributed by atoms with Crippen LogP contribution in [0.5, 0.6) is 0 Å². The van der Waals surface area contributed by atoms with E-state index in [2.05, 4.69) is 39.2 Å². The average molecular weight is 1170 g/mol. The van der Waals surface area contributed by atoms with E-state index in [1.54, 1.807) is 0 Å². The summed E-state index contributed by atoms with van der Waals surface area (Å²) in [6, 6.07) is 0.537. The number of phosphoric ester groups is 2. The number of aryl methyl sites for hydroxylation is 1. The van der Waals surface area contributed by atoms with Gasteiger partial charge in [-0.05, 0) is 44.2 Å². The summed E-state index contributed by atoms with van der Waals surface area (Å²) in [6.07, 6.45) is 28.4. The van der Waals surface area contributed by atoms with Gasteiger partial charge in [-0.25, -0.2) is 18.7 Å². The van der Waals surface area contributed by atoms with Crippen LogP contribution >= 0.6 is 15.6 Å². The highest BCUT2D eigenvalue weighted by Crippen LogP contribution is 2.47. The van der Waals surface area contributed by atoms with Gasteiger partial charge in [0.25, 0.3) is 5.56 Å². The molecule has 2 aliphatic heterocycles. The van der Waals surface area contributed by atoms with Gasteiger partial charge in [0.2, 0.25) is 5.91 Å². The number of esters is 1. The van der Waals surface area contributed by atoms with Crippen molar-refractivity contribution >= 4 is 33.3 Å². The number of carbonyl (C=O) groups is 2. The number of aromatic amines is 1. The first kappa shape index (κ1) is 68.4. The van der Waals surface area contributed by atoms with Crippen LogP contribution in [0, 0.1) is 6.92 Å². The van der Waals surface area contributed by atoms with E-state index in [-0.39, 0.29) is 30.1 Å². The number of unbranched alkanes of at least 4 members (excludes halogenated alkanes) is 24. The van der Waals surface area contributed by atoms with Crippen LogP contribution in [0.25, 0.3) is 10.4 Å². The smallest absolute Gasteiger partial charge is 0.457 e. The number of ether oxygens (including phenoxy) is 3. The van der Waals surface area contributed by atoms with Gasteiger partial charge in [-0.3, -0.25) is 46.6 Å². The summed E-state index contributed by atoms with van der Waals surface area (Å²) in [5, 5.41) is 6.36. The number of rotatable bonds is 45. The third-order valence-corrected chi connectivity index (χ3v) is 16.2.